The SMILES string of the molecule is CCC(Cl)c1cn(Cc2cccc(F)c2Cl)nn1. The topological polar surface area (TPSA) is 30.7 Å². The first-order chi connectivity index (χ1) is 8.61. The third-order valence-electron chi connectivity index (χ3n) is 2.60. The van der Waals surface area contributed by atoms with Crippen LogP contribution >= 0.6 is 23.2 Å². The molecule has 1 atom stereocenters. The molecule has 18 heavy (non-hydrogen) atoms. The molecule has 0 N–H and O–H groups in total. The molecular weight excluding hydrogens is 276 g/mol. The van der Waals surface area contributed by atoms with Crippen LogP contribution < -0.4 is 0 Å². The predicted molar refractivity (Wildman–Crippen MR) is 69.4 cm³/mol. The van der Waals surface area contributed by atoms with Gasteiger partial charge in [0.2, 0.25) is 0 Å². The van der Waals surface area contributed by atoms with Crippen LogP contribution in [0.1, 0.15) is 30.0 Å². The van der Waals surface area contributed by atoms with Crippen molar-refractivity contribution in [3.63, 3.8) is 0 Å². The second-order valence-electron chi connectivity index (χ2n) is 3.93. The van der Waals surface area contributed by atoms with E-state index < -0.39 is 5.82 Å². The van der Waals surface area contributed by atoms with E-state index in [4.69, 9.17) is 23.2 Å². The van der Waals surface area contributed by atoms with Crippen molar-refractivity contribution in [2.24, 2.45) is 0 Å². The monoisotopic (exact) mass is 287 g/mol. The van der Waals surface area contributed by atoms with Crippen molar-refractivity contribution in [1.29, 1.82) is 0 Å². The molecule has 0 spiro atoms. The van der Waals surface area contributed by atoms with Crippen molar-refractivity contribution < 1.29 is 4.39 Å². The Hall–Kier alpha value is -1.13. The van der Waals surface area contributed by atoms with Crippen LogP contribution in [-0.4, -0.2) is 15.0 Å². The van der Waals surface area contributed by atoms with E-state index in [9.17, 15) is 4.39 Å². The Labute approximate surface area is 115 Å². The first kappa shape index (κ1) is 13.3. The van der Waals surface area contributed by atoms with Crippen LogP contribution in [0.5, 0.6) is 0 Å². The molecule has 0 saturated carbocycles. The lowest BCUT2D eigenvalue weighted by atomic mass is 10.2. The van der Waals surface area contributed by atoms with E-state index in [1.807, 2.05) is 6.92 Å². The molecule has 1 aromatic heterocycles. The lowest BCUT2D eigenvalue weighted by Crippen LogP contribution is -2.01. The van der Waals surface area contributed by atoms with E-state index in [-0.39, 0.29) is 10.4 Å². The molecule has 0 bridgehead atoms. The predicted octanol–water partition coefficient (Wildman–Crippen LogP) is 3.81. The molecule has 1 unspecified atom stereocenters. The average Bonchev–Trinajstić information content (AvgIpc) is 2.82. The normalized spacial score (nSPS) is 12.7. The van der Waals surface area contributed by atoms with Gasteiger partial charge in [-0.2, -0.15) is 0 Å². The summed E-state index contributed by atoms with van der Waals surface area (Å²) in [6.07, 6.45) is 2.53. The number of hydrogen-bond acceptors (Lipinski definition) is 2. The van der Waals surface area contributed by atoms with Gasteiger partial charge in [-0.15, -0.1) is 16.7 Å². The quantitative estimate of drug-likeness (QED) is 0.801. The second-order valence-corrected chi connectivity index (χ2v) is 4.83. The summed E-state index contributed by atoms with van der Waals surface area (Å²) in [4.78, 5) is 0. The van der Waals surface area contributed by atoms with Crippen molar-refractivity contribution >= 4 is 23.2 Å². The number of hydrogen-bond donors (Lipinski definition) is 0. The van der Waals surface area contributed by atoms with Crippen molar-refractivity contribution in [2.75, 3.05) is 0 Å². The zero-order valence-corrected chi connectivity index (χ0v) is 11.3. The molecule has 1 aromatic carbocycles. The van der Waals surface area contributed by atoms with Gasteiger partial charge in [-0.3, -0.25) is 0 Å². The van der Waals surface area contributed by atoms with Crippen molar-refractivity contribution in [3.05, 3.63) is 46.5 Å². The van der Waals surface area contributed by atoms with Crippen LogP contribution in [0.4, 0.5) is 4.39 Å². The van der Waals surface area contributed by atoms with Gasteiger partial charge in [-0.25, -0.2) is 9.07 Å². The van der Waals surface area contributed by atoms with Gasteiger partial charge in [-0.05, 0) is 18.1 Å². The minimum atomic E-state index is -0.432. The fourth-order valence-corrected chi connectivity index (χ4v) is 1.87. The molecule has 2 rings (SSSR count). The van der Waals surface area contributed by atoms with Gasteiger partial charge < -0.3 is 0 Å². The van der Waals surface area contributed by atoms with Crippen molar-refractivity contribution in [2.45, 2.75) is 25.3 Å². The lowest BCUT2D eigenvalue weighted by molar-refractivity contribution is 0.614. The second kappa shape index (κ2) is 5.67. The Morgan fingerprint density at radius 2 is 2.22 bits per heavy atom. The standard InChI is InChI=1S/C12H12Cl2FN3/c1-2-9(13)11-7-18(17-16-11)6-8-4-3-5-10(15)12(8)14/h3-5,7,9H,2,6H2,1H3. The third-order valence-corrected chi connectivity index (χ3v) is 3.56. The highest BCUT2D eigenvalue weighted by atomic mass is 35.5. The van der Waals surface area contributed by atoms with Gasteiger partial charge in [-0.1, -0.05) is 35.9 Å². The minimum absolute atomic E-state index is 0.118. The summed E-state index contributed by atoms with van der Waals surface area (Å²) in [6.45, 7) is 2.34. The van der Waals surface area contributed by atoms with Gasteiger partial charge in [0.25, 0.3) is 0 Å². The Bertz CT molecular complexity index is 542. The first-order valence-corrected chi connectivity index (χ1v) is 6.40. The number of alkyl halides is 1. The zero-order chi connectivity index (χ0) is 13.1. The summed E-state index contributed by atoms with van der Waals surface area (Å²) in [5.41, 5.74) is 1.38. The summed E-state index contributed by atoms with van der Waals surface area (Å²) in [5, 5.41) is 7.90. The Kier molecular flexibility index (Phi) is 4.19. The molecule has 0 amide bonds. The van der Waals surface area contributed by atoms with Gasteiger partial charge in [0.15, 0.2) is 0 Å². The van der Waals surface area contributed by atoms with Gasteiger partial charge >= 0.3 is 0 Å². The summed E-state index contributed by atoms with van der Waals surface area (Å²) in [6, 6.07) is 4.69. The van der Waals surface area contributed by atoms with Crippen LogP contribution in [0, 0.1) is 5.82 Å². The zero-order valence-electron chi connectivity index (χ0n) is 9.78. The van der Waals surface area contributed by atoms with Crippen molar-refractivity contribution in [3.8, 4) is 0 Å². The largest absolute Gasteiger partial charge is 0.248 e. The maximum atomic E-state index is 13.3. The molecule has 0 aliphatic carbocycles. The van der Waals surface area contributed by atoms with E-state index in [0.29, 0.717) is 17.8 Å². The highest BCUT2D eigenvalue weighted by molar-refractivity contribution is 6.31. The van der Waals surface area contributed by atoms with E-state index in [2.05, 4.69) is 10.3 Å². The van der Waals surface area contributed by atoms with Gasteiger partial charge in [0.05, 0.1) is 23.1 Å². The maximum absolute atomic E-state index is 13.3. The van der Waals surface area contributed by atoms with Crippen LogP contribution in [0.3, 0.4) is 0 Å². The molecule has 0 radical (unpaired) electrons. The fraction of sp³-hybridized carbons (Fsp3) is 0.333. The molecular formula is C12H12Cl2FN3. The summed E-state index contributed by atoms with van der Waals surface area (Å²) in [7, 11) is 0. The molecule has 0 fully saturated rings. The molecule has 0 aliphatic heterocycles. The van der Waals surface area contributed by atoms with E-state index in [1.54, 1.807) is 23.0 Å². The van der Waals surface area contributed by atoms with Crippen LogP contribution in [0.15, 0.2) is 24.4 Å². The van der Waals surface area contributed by atoms with Gasteiger partial charge in [0.1, 0.15) is 11.5 Å². The maximum Gasteiger partial charge on any atom is 0.142 e. The highest BCUT2D eigenvalue weighted by Crippen LogP contribution is 2.23. The van der Waals surface area contributed by atoms with Crippen LogP contribution in [0.25, 0.3) is 0 Å². The van der Waals surface area contributed by atoms with E-state index in [1.165, 1.54) is 6.07 Å². The first-order valence-electron chi connectivity index (χ1n) is 5.58. The third kappa shape index (κ3) is 2.82. The van der Waals surface area contributed by atoms with Crippen LogP contribution in [0.2, 0.25) is 5.02 Å². The molecule has 3 nitrogen and oxygen atoms in total. The molecule has 0 saturated heterocycles. The summed E-state index contributed by atoms with van der Waals surface area (Å²) < 4.78 is 14.9. The molecule has 2 aromatic rings. The lowest BCUT2D eigenvalue weighted by Gasteiger charge is -2.04. The minimum Gasteiger partial charge on any atom is -0.248 e. The number of aromatic nitrogens is 3. The Morgan fingerprint density at radius 3 is 2.94 bits per heavy atom. The fourth-order valence-electron chi connectivity index (χ4n) is 1.59. The Morgan fingerprint density at radius 1 is 1.44 bits per heavy atom. The number of nitrogens with zero attached hydrogens (tertiary/aromatic N) is 3. The molecule has 0 aliphatic rings. The number of rotatable bonds is 4. The van der Waals surface area contributed by atoms with Crippen molar-refractivity contribution in [1.82, 2.24) is 15.0 Å². The number of halogens is 3. The molecule has 96 valence electrons. The van der Waals surface area contributed by atoms with Crippen LogP contribution in [-0.2, 0) is 6.54 Å². The Balaban J connectivity index is 2.19. The molecule has 6 heteroatoms. The molecule has 1 heterocycles. The van der Waals surface area contributed by atoms with E-state index >= 15 is 0 Å². The highest BCUT2D eigenvalue weighted by Gasteiger charge is 2.11. The van der Waals surface area contributed by atoms with Gasteiger partial charge in [0, 0.05) is 0 Å². The summed E-state index contributed by atoms with van der Waals surface area (Å²) in [5.74, 6) is -0.432. The smallest absolute Gasteiger partial charge is 0.142 e. The average molecular weight is 288 g/mol. The number of benzene rings is 1. The summed E-state index contributed by atoms with van der Waals surface area (Å²) >= 11 is 11.9. The van der Waals surface area contributed by atoms with E-state index in [0.717, 1.165) is 6.42 Å².